The Balaban J connectivity index is 0.000000157. The molecule has 5 aliphatic heterocycles. The standard InChI is InChI=1S/C27H24FN3O6.C24H21ClF2N6OS.C7H12FN/c1-4-16-17-8-22-24-15(10-31(22)25(33)18(17)12-36-26(16)34)6-14-7-21(19(28)9-20(14)29-24)30-27(35)37-23(5-2)13(3)11-32;1-11-10-32(2)6-7-33(11)23-13-8-15(25)18(19(27)20(13)30-24(31-23)34-3)12-4-5-16(26)21-17(12)14(9-28)22(29)35-21;8-6-4-7-2-1-3-9(7)5-6/h6-9,11,16,23H,3-5,10,12H2,1-2H3,(H,30,35);4-5,8,11H,6-7,10,29H2,1-3H3;6-7H,1-5H2. The molecule has 7 aromatic rings. The molecule has 12 rings (SSSR count). The van der Waals surface area contributed by atoms with Gasteiger partial charge in [0.15, 0.2) is 5.82 Å². The number of anilines is 3. The number of hydrogen-bond donors (Lipinski definition) is 2. The number of nitrogens with one attached hydrogen (secondary N) is 1. The zero-order valence-electron chi connectivity index (χ0n) is 45.0. The third-order valence-electron chi connectivity index (χ3n) is 15.6. The van der Waals surface area contributed by atoms with Gasteiger partial charge in [-0.3, -0.25) is 24.6 Å². The molecule has 81 heavy (non-hydrogen) atoms. The van der Waals surface area contributed by atoms with Crippen molar-refractivity contribution in [1.82, 2.24) is 29.3 Å². The van der Waals surface area contributed by atoms with E-state index in [9.17, 15) is 37.6 Å². The van der Waals surface area contributed by atoms with Crippen LogP contribution < -0.4 is 26.2 Å². The van der Waals surface area contributed by atoms with Gasteiger partial charge in [-0.25, -0.2) is 27.3 Å². The van der Waals surface area contributed by atoms with Gasteiger partial charge in [0.05, 0.1) is 63.0 Å². The molecular formula is C58H57ClF4N10O7S. The number of rotatable bonds is 9. The Kier molecular flexibility index (Phi) is 16.1. The van der Waals surface area contributed by atoms with E-state index in [1.807, 2.05) is 26.1 Å². The molecular weight excluding hydrogens is 1090 g/mol. The molecule has 422 valence electrons. The fourth-order valence-corrected chi connectivity index (χ4v) is 12.8. The summed E-state index contributed by atoms with van der Waals surface area (Å²) in [4.78, 5) is 68.8. The number of pyridine rings is 2. The number of thiophene rings is 1. The highest BCUT2D eigenvalue weighted by Gasteiger charge is 2.36. The number of ether oxygens (including phenoxy) is 3. The quantitative estimate of drug-likeness (QED) is 0.0596. The van der Waals surface area contributed by atoms with E-state index in [1.165, 1.54) is 44.2 Å². The molecule has 5 atom stereocenters. The highest BCUT2D eigenvalue weighted by Crippen LogP contribution is 2.46. The molecule has 3 N–H and O–H groups in total. The van der Waals surface area contributed by atoms with Gasteiger partial charge in [0, 0.05) is 77.2 Å². The topological polar surface area (TPSA) is 211 Å². The number of fused-ring (bicyclic) bond motifs is 8. The molecule has 3 saturated heterocycles. The summed E-state index contributed by atoms with van der Waals surface area (Å²) >= 11 is 7.61. The Labute approximate surface area is 471 Å². The molecule has 5 aliphatic rings. The van der Waals surface area contributed by atoms with Crippen molar-refractivity contribution in [3.05, 3.63) is 110 Å². The Bertz CT molecular complexity index is 3820. The first-order valence-corrected chi connectivity index (χ1v) is 27.7. The fraction of sp³-hybridized carbons (Fsp3) is 0.379. The monoisotopic (exact) mass is 1150 g/mol. The Morgan fingerprint density at radius 2 is 1.88 bits per heavy atom. The predicted molar refractivity (Wildman–Crippen MR) is 302 cm³/mol. The van der Waals surface area contributed by atoms with Gasteiger partial charge in [0.25, 0.3) is 5.56 Å². The number of piperazine rings is 1. The Morgan fingerprint density at radius 1 is 1.09 bits per heavy atom. The molecule has 3 fully saturated rings. The molecule has 3 aromatic carbocycles. The third-order valence-corrected chi connectivity index (χ3v) is 16.9. The van der Waals surface area contributed by atoms with Gasteiger partial charge in [-0.2, -0.15) is 15.2 Å². The summed E-state index contributed by atoms with van der Waals surface area (Å²) in [6, 6.07) is 13.2. The molecule has 0 bridgehead atoms. The number of nitrogens with two attached hydrogens (primary N) is 1. The second kappa shape index (κ2) is 23.0. The molecule has 23 heteroatoms. The zero-order valence-corrected chi connectivity index (χ0v) is 46.6. The number of nitriles is 1. The van der Waals surface area contributed by atoms with E-state index in [-0.39, 0.29) is 90.3 Å². The Hall–Kier alpha value is -7.71. The summed E-state index contributed by atoms with van der Waals surface area (Å²) in [5, 5.41) is 13.5. The van der Waals surface area contributed by atoms with Crippen molar-refractivity contribution in [2.24, 2.45) is 0 Å². The van der Waals surface area contributed by atoms with Crippen molar-refractivity contribution >= 4 is 89.7 Å². The zero-order chi connectivity index (χ0) is 57.7. The van der Waals surface area contributed by atoms with Crippen molar-refractivity contribution in [1.29, 1.82) is 5.26 Å². The summed E-state index contributed by atoms with van der Waals surface area (Å²) in [6.45, 7) is 13.6. The number of likely N-dealkylation sites (N-methyl/N-ethyl adjacent to an activating group) is 1. The first kappa shape index (κ1) is 56.6. The van der Waals surface area contributed by atoms with Crippen LogP contribution in [0.25, 0.3) is 54.4 Å². The molecule has 1 amide bonds. The lowest BCUT2D eigenvalue weighted by atomic mass is 9.90. The highest BCUT2D eigenvalue weighted by atomic mass is 35.5. The number of nitrogens with zero attached hydrogens (tertiary/aromatic N) is 8. The van der Waals surface area contributed by atoms with Crippen LogP contribution in [-0.2, 0) is 32.2 Å². The van der Waals surface area contributed by atoms with Crippen LogP contribution in [0, 0.1) is 28.8 Å². The molecule has 17 nitrogen and oxygen atoms in total. The lowest BCUT2D eigenvalue weighted by molar-refractivity contribution is -0.148. The van der Waals surface area contributed by atoms with Gasteiger partial charge in [-0.1, -0.05) is 38.1 Å². The van der Waals surface area contributed by atoms with E-state index in [4.69, 9.17) is 31.5 Å². The van der Waals surface area contributed by atoms with E-state index < -0.39 is 41.7 Å². The number of carbonyl (C=O) groups is 3. The largest absolute Gasteiger partial charge is 0.467 e. The SMILES string of the molecule is C=C(C=O)C(CC)OC(=O)Nc1cc2cc3c(nc2cc1F)-c1cc2c(c(=O)n1C3)COC(=O)C2CC.COc1nc(N2CCN(C)CC2C)c2cc(Cl)c(-c3ccc(F)c4sc(N)c(C#N)c34)c(F)c2n1.FC1CC2CCCN2C1. The second-order valence-corrected chi connectivity index (χ2v) is 22.2. The number of hydrogen-bond acceptors (Lipinski definition) is 16. The number of amides is 1. The number of halogens is 5. The van der Waals surface area contributed by atoms with E-state index >= 15 is 4.39 Å². The van der Waals surface area contributed by atoms with Crippen LogP contribution in [-0.4, -0.2) is 119 Å². The van der Waals surface area contributed by atoms with Crippen LogP contribution in [0.5, 0.6) is 6.01 Å². The van der Waals surface area contributed by atoms with E-state index in [1.54, 1.807) is 23.6 Å². The number of esters is 1. The van der Waals surface area contributed by atoms with Crippen LogP contribution in [0.3, 0.4) is 0 Å². The minimum Gasteiger partial charge on any atom is -0.467 e. The van der Waals surface area contributed by atoms with Gasteiger partial charge in [-0.05, 0) is 94.1 Å². The number of aromatic nitrogens is 4. The maximum absolute atomic E-state index is 16.2. The first-order chi connectivity index (χ1) is 38.9. The number of carbonyl (C=O) groups excluding carboxylic acids is 3. The molecule has 0 radical (unpaired) electrons. The van der Waals surface area contributed by atoms with Gasteiger partial charge >= 0.3 is 18.1 Å². The second-order valence-electron chi connectivity index (χ2n) is 20.7. The molecule has 0 aliphatic carbocycles. The highest BCUT2D eigenvalue weighted by molar-refractivity contribution is 7.23. The number of alkyl halides is 1. The number of nitrogen functional groups attached to an aromatic ring is 1. The van der Waals surface area contributed by atoms with Gasteiger partial charge in [0.1, 0.15) is 59.2 Å². The van der Waals surface area contributed by atoms with Crippen LogP contribution >= 0.6 is 22.9 Å². The minimum atomic E-state index is -0.922. The van der Waals surface area contributed by atoms with Crippen LogP contribution in [0.4, 0.5) is 38.9 Å². The summed E-state index contributed by atoms with van der Waals surface area (Å²) in [6.07, 6.45) is 2.42. The number of cyclic esters (lactones) is 1. The molecule has 9 heterocycles. The molecule has 5 unspecified atom stereocenters. The number of benzene rings is 3. The van der Waals surface area contributed by atoms with Gasteiger partial charge in [0.2, 0.25) is 0 Å². The lowest BCUT2D eigenvalue weighted by Crippen LogP contribution is -2.51. The van der Waals surface area contributed by atoms with E-state index in [2.05, 4.69) is 48.5 Å². The lowest BCUT2D eigenvalue weighted by Gasteiger charge is -2.39. The van der Waals surface area contributed by atoms with Crippen molar-refractivity contribution in [2.45, 2.75) is 96.3 Å². The van der Waals surface area contributed by atoms with Gasteiger partial charge in [-0.15, -0.1) is 11.3 Å². The average Bonchev–Trinajstić information content (AvgIpc) is 4.38. The smallest absolute Gasteiger partial charge is 0.412 e. The number of aldehydes is 1. The maximum Gasteiger partial charge on any atom is 0.412 e. The maximum atomic E-state index is 16.2. The van der Waals surface area contributed by atoms with Crippen molar-refractivity contribution < 1.29 is 46.2 Å². The average molecular weight is 1150 g/mol. The fourth-order valence-electron chi connectivity index (χ4n) is 11.6. The van der Waals surface area contributed by atoms with Crippen molar-refractivity contribution in [2.75, 3.05) is 62.8 Å². The molecule has 0 spiro atoms. The van der Waals surface area contributed by atoms with Crippen LogP contribution in [0.1, 0.15) is 81.0 Å². The van der Waals surface area contributed by atoms with Crippen molar-refractivity contribution in [3.63, 3.8) is 0 Å². The van der Waals surface area contributed by atoms with Gasteiger partial charge < -0.3 is 34.3 Å². The first-order valence-electron chi connectivity index (χ1n) is 26.5. The summed E-state index contributed by atoms with van der Waals surface area (Å²) in [5.41, 5.74) is 9.42. The number of methoxy groups -OCH3 is 1. The summed E-state index contributed by atoms with van der Waals surface area (Å²) < 4.78 is 75.8. The summed E-state index contributed by atoms with van der Waals surface area (Å²) in [7, 11) is 3.47. The minimum absolute atomic E-state index is 0.0107. The normalized spacial score (nSPS) is 19.5. The van der Waals surface area contributed by atoms with Crippen LogP contribution in [0.15, 0.2) is 59.4 Å². The summed E-state index contributed by atoms with van der Waals surface area (Å²) in [5.74, 6) is -2.33. The van der Waals surface area contributed by atoms with E-state index in [0.717, 1.165) is 43.0 Å². The Morgan fingerprint density at radius 3 is 2.58 bits per heavy atom. The van der Waals surface area contributed by atoms with E-state index in [0.29, 0.717) is 82.9 Å². The molecule has 4 aromatic heterocycles. The van der Waals surface area contributed by atoms with Crippen LogP contribution in [0.2, 0.25) is 5.02 Å². The third kappa shape index (κ3) is 10.6. The predicted octanol–water partition coefficient (Wildman–Crippen LogP) is 10.4. The van der Waals surface area contributed by atoms with Crippen molar-refractivity contribution in [3.8, 4) is 34.6 Å². The molecule has 0 saturated carbocycles.